The molecule has 0 saturated carbocycles. The summed E-state index contributed by atoms with van der Waals surface area (Å²) in [4.78, 5) is 7.97. The molecule has 0 amide bonds. The number of benzene rings is 1. The first-order chi connectivity index (χ1) is 12.4. The number of hydrogen-bond acceptors (Lipinski definition) is 3. The van der Waals surface area contributed by atoms with Crippen molar-refractivity contribution in [3.63, 3.8) is 0 Å². The van der Waals surface area contributed by atoms with Crippen LogP contribution in [0, 0.1) is 0 Å². The third kappa shape index (κ3) is 6.27. The van der Waals surface area contributed by atoms with Crippen molar-refractivity contribution in [2.45, 2.75) is 25.9 Å². The Kier molecular flexibility index (Phi) is 6.82. The minimum Gasteiger partial charge on any atom is -0.370 e. The van der Waals surface area contributed by atoms with Crippen molar-refractivity contribution >= 4 is 17.5 Å². The summed E-state index contributed by atoms with van der Waals surface area (Å²) in [7, 11) is 0. The van der Waals surface area contributed by atoms with Gasteiger partial charge in [-0.2, -0.15) is 13.2 Å². The molecule has 0 radical (unpaired) electrons. The highest BCUT2D eigenvalue weighted by Crippen LogP contribution is 2.28. The highest BCUT2D eigenvalue weighted by Gasteiger charge is 2.30. The highest BCUT2D eigenvalue weighted by atomic mass is 19.4. The largest absolute Gasteiger partial charge is 0.417 e. The zero-order chi connectivity index (χ0) is 19.0. The molecule has 0 aliphatic heterocycles. The summed E-state index contributed by atoms with van der Waals surface area (Å²) in [6.07, 6.45) is -1.95. The van der Waals surface area contributed by atoms with Gasteiger partial charge in [0, 0.05) is 25.0 Å². The van der Waals surface area contributed by atoms with Crippen LogP contribution in [0.1, 0.15) is 24.5 Å². The molecule has 4 N–H and O–H groups in total. The SMILES string of the molecule is CCc1cccc(NC(N)=NCCCNc2ccc(C(F)(F)F)cn2)c1. The van der Waals surface area contributed by atoms with Gasteiger partial charge in [0.2, 0.25) is 0 Å². The minimum atomic E-state index is -4.37. The molecule has 1 heterocycles. The lowest BCUT2D eigenvalue weighted by Gasteiger charge is -2.09. The van der Waals surface area contributed by atoms with E-state index in [1.54, 1.807) is 0 Å². The number of aryl methyl sites for hydroxylation is 1. The zero-order valence-electron chi connectivity index (χ0n) is 14.5. The summed E-state index contributed by atoms with van der Waals surface area (Å²) in [5, 5.41) is 5.99. The number of aromatic nitrogens is 1. The van der Waals surface area contributed by atoms with Crippen molar-refractivity contribution < 1.29 is 13.2 Å². The van der Waals surface area contributed by atoms with Gasteiger partial charge in [0.15, 0.2) is 5.96 Å². The second-order valence-corrected chi connectivity index (χ2v) is 5.66. The molecule has 2 aromatic rings. The van der Waals surface area contributed by atoms with E-state index in [-0.39, 0.29) is 0 Å². The fraction of sp³-hybridized carbons (Fsp3) is 0.333. The van der Waals surface area contributed by atoms with Crippen LogP contribution >= 0.6 is 0 Å². The molecule has 1 aromatic carbocycles. The van der Waals surface area contributed by atoms with E-state index in [9.17, 15) is 13.2 Å². The first-order valence-corrected chi connectivity index (χ1v) is 8.31. The molecule has 8 heteroatoms. The quantitative estimate of drug-likeness (QED) is 0.395. The summed E-state index contributed by atoms with van der Waals surface area (Å²) < 4.78 is 37.4. The molecule has 0 fully saturated rings. The van der Waals surface area contributed by atoms with Crippen LogP contribution in [0.3, 0.4) is 0 Å². The number of alkyl halides is 3. The number of halogens is 3. The molecule has 0 bridgehead atoms. The number of aliphatic imine (C=N–C) groups is 1. The number of pyridine rings is 1. The summed E-state index contributed by atoms with van der Waals surface area (Å²) in [5.41, 5.74) is 7.17. The summed E-state index contributed by atoms with van der Waals surface area (Å²) in [5.74, 6) is 0.718. The predicted molar refractivity (Wildman–Crippen MR) is 98.3 cm³/mol. The fourth-order valence-corrected chi connectivity index (χ4v) is 2.22. The maximum atomic E-state index is 12.5. The number of nitrogens with zero attached hydrogens (tertiary/aromatic N) is 2. The number of nitrogens with one attached hydrogen (secondary N) is 2. The Morgan fingerprint density at radius 2 is 2.04 bits per heavy atom. The molecule has 0 spiro atoms. The maximum Gasteiger partial charge on any atom is 0.417 e. The van der Waals surface area contributed by atoms with Crippen LogP contribution in [0.2, 0.25) is 0 Å². The zero-order valence-corrected chi connectivity index (χ0v) is 14.5. The van der Waals surface area contributed by atoms with Gasteiger partial charge >= 0.3 is 6.18 Å². The maximum absolute atomic E-state index is 12.5. The second kappa shape index (κ2) is 9.07. The van der Waals surface area contributed by atoms with Crippen LogP contribution in [0.25, 0.3) is 0 Å². The summed E-state index contributed by atoms with van der Waals surface area (Å²) in [6, 6.07) is 10.2. The molecule has 1 aromatic heterocycles. The van der Waals surface area contributed by atoms with E-state index in [2.05, 4.69) is 27.5 Å². The van der Waals surface area contributed by atoms with Crippen molar-refractivity contribution in [2.75, 3.05) is 23.7 Å². The molecule has 0 aliphatic rings. The van der Waals surface area contributed by atoms with E-state index in [1.807, 2.05) is 24.3 Å². The normalized spacial score (nSPS) is 12.1. The number of rotatable bonds is 7. The molecule has 0 unspecified atom stereocenters. The van der Waals surface area contributed by atoms with Crippen molar-refractivity contribution in [3.8, 4) is 0 Å². The second-order valence-electron chi connectivity index (χ2n) is 5.66. The number of nitrogens with two attached hydrogens (primary N) is 1. The van der Waals surface area contributed by atoms with E-state index in [0.29, 0.717) is 31.3 Å². The molecule has 0 atom stereocenters. The lowest BCUT2D eigenvalue weighted by atomic mass is 10.1. The van der Waals surface area contributed by atoms with Crippen molar-refractivity contribution in [1.82, 2.24) is 4.98 Å². The van der Waals surface area contributed by atoms with E-state index in [1.165, 1.54) is 11.6 Å². The van der Waals surface area contributed by atoms with E-state index < -0.39 is 11.7 Å². The first kappa shape index (κ1) is 19.6. The lowest BCUT2D eigenvalue weighted by Crippen LogP contribution is -2.23. The Labute approximate surface area is 150 Å². The molecule has 26 heavy (non-hydrogen) atoms. The monoisotopic (exact) mass is 365 g/mol. The van der Waals surface area contributed by atoms with Gasteiger partial charge in [-0.15, -0.1) is 0 Å². The average molecular weight is 365 g/mol. The summed E-state index contributed by atoms with van der Waals surface area (Å²) in [6.45, 7) is 3.09. The average Bonchev–Trinajstić information content (AvgIpc) is 2.61. The molecule has 0 saturated heterocycles. The van der Waals surface area contributed by atoms with E-state index in [4.69, 9.17) is 5.73 Å². The minimum absolute atomic E-state index is 0.325. The van der Waals surface area contributed by atoms with Crippen LogP contribution in [-0.2, 0) is 12.6 Å². The molecule has 5 nitrogen and oxygen atoms in total. The lowest BCUT2D eigenvalue weighted by molar-refractivity contribution is -0.137. The van der Waals surface area contributed by atoms with Gasteiger partial charge < -0.3 is 16.4 Å². The van der Waals surface area contributed by atoms with Gasteiger partial charge in [-0.1, -0.05) is 19.1 Å². The van der Waals surface area contributed by atoms with E-state index >= 15 is 0 Å². The van der Waals surface area contributed by atoms with Crippen LogP contribution in [0.4, 0.5) is 24.7 Å². The highest BCUT2D eigenvalue weighted by molar-refractivity contribution is 5.92. The first-order valence-electron chi connectivity index (χ1n) is 8.31. The van der Waals surface area contributed by atoms with Gasteiger partial charge in [0.05, 0.1) is 5.56 Å². The molecular weight excluding hydrogens is 343 g/mol. The fourth-order valence-electron chi connectivity index (χ4n) is 2.22. The smallest absolute Gasteiger partial charge is 0.370 e. The Morgan fingerprint density at radius 1 is 1.23 bits per heavy atom. The van der Waals surface area contributed by atoms with Gasteiger partial charge in [-0.3, -0.25) is 4.99 Å². The Balaban J connectivity index is 1.73. The van der Waals surface area contributed by atoms with Crippen molar-refractivity contribution in [3.05, 3.63) is 53.7 Å². The molecule has 2 rings (SSSR count). The number of guanidine groups is 1. The van der Waals surface area contributed by atoms with Crippen molar-refractivity contribution in [1.29, 1.82) is 0 Å². The van der Waals surface area contributed by atoms with Gasteiger partial charge in [-0.25, -0.2) is 4.98 Å². The number of anilines is 2. The van der Waals surface area contributed by atoms with Crippen LogP contribution in [0.15, 0.2) is 47.6 Å². The van der Waals surface area contributed by atoms with Gasteiger partial charge in [-0.05, 0) is 42.7 Å². The van der Waals surface area contributed by atoms with Gasteiger partial charge in [0.1, 0.15) is 5.82 Å². The predicted octanol–water partition coefficient (Wildman–Crippen LogP) is 3.89. The molecule has 140 valence electrons. The summed E-state index contributed by atoms with van der Waals surface area (Å²) >= 11 is 0. The Morgan fingerprint density at radius 3 is 2.69 bits per heavy atom. The van der Waals surface area contributed by atoms with Crippen LogP contribution < -0.4 is 16.4 Å². The van der Waals surface area contributed by atoms with Crippen LogP contribution in [0.5, 0.6) is 0 Å². The standard InChI is InChI=1S/C18H22F3N5/c1-2-13-5-3-6-15(11-13)26-17(22)24-10-4-9-23-16-8-7-14(12-25-16)18(19,20)21/h3,5-8,11-12H,2,4,9-10H2,1H3,(H,23,25)(H3,22,24,26). The molecular formula is C18H22F3N5. The van der Waals surface area contributed by atoms with Crippen molar-refractivity contribution in [2.24, 2.45) is 10.7 Å². The Hall–Kier alpha value is -2.77. The van der Waals surface area contributed by atoms with Crippen LogP contribution in [-0.4, -0.2) is 24.0 Å². The Bertz CT molecular complexity index is 726. The molecule has 0 aliphatic carbocycles. The number of hydrogen-bond donors (Lipinski definition) is 3. The third-order valence-electron chi connectivity index (χ3n) is 3.62. The van der Waals surface area contributed by atoms with Gasteiger partial charge in [0.25, 0.3) is 0 Å². The van der Waals surface area contributed by atoms with E-state index in [0.717, 1.165) is 24.4 Å². The third-order valence-corrected chi connectivity index (χ3v) is 3.62. The topological polar surface area (TPSA) is 75.3 Å².